The predicted molar refractivity (Wildman–Crippen MR) is 41.3 cm³/mol. The first kappa shape index (κ1) is 7.53. The molecular weight excluding hydrogens is 142 g/mol. The van der Waals surface area contributed by atoms with Crippen LogP contribution in [0.2, 0.25) is 0 Å². The summed E-state index contributed by atoms with van der Waals surface area (Å²) in [4.78, 5) is 2.39. The van der Waals surface area contributed by atoms with Crippen molar-refractivity contribution in [2.45, 2.75) is 25.6 Å². The van der Waals surface area contributed by atoms with E-state index in [0.717, 1.165) is 26.4 Å². The van der Waals surface area contributed by atoms with Crippen LogP contribution in [-0.2, 0) is 9.47 Å². The van der Waals surface area contributed by atoms with Gasteiger partial charge in [-0.05, 0) is 13.5 Å². The topological polar surface area (TPSA) is 21.7 Å². The average Bonchev–Trinajstić information content (AvgIpc) is 2.25. The standard InChI is InChI=1S/C8H15NO2/c1-3-9-7(2)4-11-8(9)5-10-6-8/h7H,3-6H2,1-2H3. The molecule has 0 saturated carbocycles. The normalized spacial score (nSPS) is 36.0. The van der Waals surface area contributed by atoms with E-state index >= 15 is 0 Å². The van der Waals surface area contributed by atoms with Gasteiger partial charge in [-0.1, -0.05) is 6.92 Å². The molecule has 2 fully saturated rings. The van der Waals surface area contributed by atoms with Crippen molar-refractivity contribution in [2.75, 3.05) is 26.4 Å². The second kappa shape index (κ2) is 2.44. The first-order valence-electron chi connectivity index (χ1n) is 4.27. The van der Waals surface area contributed by atoms with Gasteiger partial charge in [-0.25, -0.2) is 0 Å². The molecule has 0 N–H and O–H groups in total. The molecular formula is C8H15NO2. The quantitative estimate of drug-likeness (QED) is 0.551. The lowest BCUT2D eigenvalue weighted by atomic mass is 10.1. The molecule has 2 heterocycles. The number of likely N-dealkylation sites (N-methyl/N-ethyl adjacent to an activating group) is 1. The highest BCUT2D eigenvalue weighted by molar-refractivity contribution is 4.94. The van der Waals surface area contributed by atoms with Gasteiger partial charge in [0.25, 0.3) is 0 Å². The predicted octanol–water partition coefficient (Wildman–Crippen LogP) is 0.454. The minimum atomic E-state index is -0.0336. The molecule has 1 spiro atoms. The second-order valence-corrected chi connectivity index (χ2v) is 3.39. The molecule has 2 aliphatic rings. The van der Waals surface area contributed by atoms with Gasteiger partial charge in [0.1, 0.15) is 0 Å². The van der Waals surface area contributed by atoms with Gasteiger partial charge in [-0.3, -0.25) is 4.90 Å². The van der Waals surface area contributed by atoms with Crippen molar-refractivity contribution < 1.29 is 9.47 Å². The Kier molecular flexibility index (Phi) is 1.67. The van der Waals surface area contributed by atoms with Gasteiger partial charge < -0.3 is 9.47 Å². The highest BCUT2D eigenvalue weighted by Crippen LogP contribution is 2.33. The fraction of sp³-hybridized carbons (Fsp3) is 1.00. The maximum Gasteiger partial charge on any atom is 0.169 e. The van der Waals surface area contributed by atoms with Crippen LogP contribution in [0.25, 0.3) is 0 Å². The zero-order chi connectivity index (χ0) is 7.90. The zero-order valence-electron chi connectivity index (χ0n) is 7.17. The van der Waals surface area contributed by atoms with Gasteiger partial charge in [0.05, 0.1) is 19.8 Å². The van der Waals surface area contributed by atoms with Crippen LogP contribution in [0.4, 0.5) is 0 Å². The Morgan fingerprint density at radius 3 is 2.64 bits per heavy atom. The summed E-state index contributed by atoms with van der Waals surface area (Å²) in [6, 6.07) is 0.559. The molecule has 0 aliphatic carbocycles. The molecule has 64 valence electrons. The molecule has 0 aromatic carbocycles. The van der Waals surface area contributed by atoms with Crippen LogP contribution in [0.1, 0.15) is 13.8 Å². The smallest absolute Gasteiger partial charge is 0.169 e. The van der Waals surface area contributed by atoms with Crippen molar-refractivity contribution in [1.29, 1.82) is 0 Å². The van der Waals surface area contributed by atoms with Crippen molar-refractivity contribution in [1.82, 2.24) is 4.90 Å². The Balaban J connectivity index is 2.10. The van der Waals surface area contributed by atoms with E-state index in [1.807, 2.05) is 0 Å². The molecule has 1 atom stereocenters. The fourth-order valence-corrected chi connectivity index (χ4v) is 1.98. The Hall–Kier alpha value is -0.120. The Bertz CT molecular complexity index is 156. The van der Waals surface area contributed by atoms with Gasteiger partial charge in [0.15, 0.2) is 5.72 Å². The Morgan fingerprint density at radius 2 is 2.27 bits per heavy atom. The third-order valence-corrected chi connectivity index (χ3v) is 2.64. The lowest BCUT2D eigenvalue weighted by Gasteiger charge is -2.44. The van der Waals surface area contributed by atoms with Crippen LogP contribution in [0.5, 0.6) is 0 Å². The highest BCUT2D eigenvalue weighted by atomic mass is 16.6. The van der Waals surface area contributed by atoms with Crippen molar-refractivity contribution >= 4 is 0 Å². The average molecular weight is 157 g/mol. The van der Waals surface area contributed by atoms with Crippen LogP contribution in [-0.4, -0.2) is 43.0 Å². The molecule has 2 aliphatic heterocycles. The zero-order valence-corrected chi connectivity index (χ0v) is 7.17. The number of nitrogens with zero attached hydrogens (tertiary/aromatic N) is 1. The summed E-state index contributed by atoms with van der Waals surface area (Å²) in [6.07, 6.45) is 0. The van der Waals surface area contributed by atoms with E-state index in [-0.39, 0.29) is 5.72 Å². The molecule has 2 saturated heterocycles. The van der Waals surface area contributed by atoms with Crippen molar-refractivity contribution in [3.8, 4) is 0 Å². The van der Waals surface area contributed by atoms with Crippen LogP contribution in [0, 0.1) is 0 Å². The van der Waals surface area contributed by atoms with E-state index in [1.165, 1.54) is 0 Å². The van der Waals surface area contributed by atoms with Gasteiger partial charge in [0, 0.05) is 6.04 Å². The van der Waals surface area contributed by atoms with Crippen LogP contribution < -0.4 is 0 Å². The molecule has 3 heteroatoms. The maximum absolute atomic E-state index is 5.69. The number of ether oxygens (including phenoxy) is 2. The number of hydrogen-bond acceptors (Lipinski definition) is 3. The van der Waals surface area contributed by atoms with E-state index in [1.54, 1.807) is 0 Å². The summed E-state index contributed by atoms with van der Waals surface area (Å²) in [6.45, 7) is 7.81. The second-order valence-electron chi connectivity index (χ2n) is 3.39. The van der Waals surface area contributed by atoms with Crippen LogP contribution in [0.15, 0.2) is 0 Å². The largest absolute Gasteiger partial charge is 0.372 e. The van der Waals surface area contributed by atoms with E-state index in [9.17, 15) is 0 Å². The number of hydrogen-bond donors (Lipinski definition) is 0. The summed E-state index contributed by atoms with van der Waals surface area (Å²) < 4.78 is 10.9. The summed E-state index contributed by atoms with van der Waals surface area (Å²) in [7, 11) is 0. The summed E-state index contributed by atoms with van der Waals surface area (Å²) in [5.41, 5.74) is -0.0336. The third kappa shape index (κ3) is 0.916. The molecule has 0 amide bonds. The van der Waals surface area contributed by atoms with Gasteiger partial charge in [-0.15, -0.1) is 0 Å². The molecule has 3 nitrogen and oxygen atoms in total. The lowest BCUT2D eigenvalue weighted by Crippen LogP contribution is -2.60. The Morgan fingerprint density at radius 1 is 1.55 bits per heavy atom. The monoisotopic (exact) mass is 157 g/mol. The van der Waals surface area contributed by atoms with E-state index in [2.05, 4.69) is 18.7 Å². The highest BCUT2D eigenvalue weighted by Gasteiger charge is 2.50. The first-order valence-corrected chi connectivity index (χ1v) is 4.27. The summed E-state index contributed by atoms with van der Waals surface area (Å²) in [5.74, 6) is 0. The SMILES string of the molecule is CCN1C(C)COC12COC2. The maximum atomic E-state index is 5.69. The molecule has 2 rings (SSSR count). The number of rotatable bonds is 1. The van der Waals surface area contributed by atoms with E-state index < -0.39 is 0 Å². The summed E-state index contributed by atoms with van der Waals surface area (Å²) in [5, 5.41) is 0. The van der Waals surface area contributed by atoms with Crippen molar-refractivity contribution in [3.05, 3.63) is 0 Å². The van der Waals surface area contributed by atoms with Gasteiger partial charge in [-0.2, -0.15) is 0 Å². The van der Waals surface area contributed by atoms with Crippen molar-refractivity contribution in [2.24, 2.45) is 0 Å². The van der Waals surface area contributed by atoms with Gasteiger partial charge in [0.2, 0.25) is 0 Å². The van der Waals surface area contributed by atoms with Crippen LogP contribution in [0.3, 0.4) is 0 Å². The summed E-state index contributed by atoms with van der Waals surface area (Å²) >= 11 is 0. The van der Waals surface area contributed by atoms with E-state index in [4.69, 9.17) is 9.47 Å². The van der Waals surface area contributed by atoms with Crippen LogP contribution >= 0.6 is 0 Å². The van der Waals surface area contributed by atoms with Crippen molar-refractivity contribution in [3.63, 3.8) is 0 Å². The first-order chi connectivity index (χ1) is 5.28. The molecule has 1 unspecified atom stereocenters. The minimum absolute atomic E-state index is 0.0336. The van der Waals surface area contributed by atoms with Gasteiger partial charge >= 0.3 is 0 Å². The fourth-order valence-electron chi connectivity index (χ4n) is 1.98. The van der Waals surface area contributed by atoms with E-state index in [0.29, 0.717) is 6.04 Å². The third-order valence-electron chi connectivity index (χ3n) is 2.64. The Labute approximate surface area is 67.3 Å². The minimum Gasteiger partial charge on any atom is -0.372 e. The molecule has 0 radical (unpaired) electrons. The molecule has 11 heavy (non-hydrogen) atoms. The molecule has 0 aromatic rings. The molecule has 0 bridgehead atoms. The molecule has 0 aromatic heterocycles. The lowest BCUT2D eigenvalue weighted by molar-refractivity contribution is -0.242.